The minimum absolute atomic E-state index is 0.0769. The molecule has 1 atom stereocenters. The van der Waals surface area contributed by atoms with Crippen LogP contribution in [0.15, 0.2) is 48.5 Å². The van der Waals surface area contributed by atoms with Crippen LogP contribution in [0.4, 0.5) is 0 Å². The largest absolute Gasteiger partial charge is 0.481 e. The number of nitrogens with zero attached hydrogens (tertiary/aromatic N) is 1. The fourth-order valence-corrected chi connectivity index (χ4v) is 3.10. The van der Waals surface area contributed by atoms with Gasteiger partial charge < -0.3 is 15.0 Å². The number of likely N-dealkylation sites (tertiary alicyclic amines) is 1. The van der Waals surface area contributed by atoms with Gasteiger partial charge in [0.05, 0.1) is 0 Å². The van der Waals surface area contributed by atoms with E-state index in [0.717, 1.165) is 31.5 Å². The molecule has 0 spiro atoms. The monoisotopic (exact) mass is 386 g/mol. The Morgan fingerprint density at radius 2 is 1.70 bits per heavy atom. The molecular formula is C21H23ClN2O3. The molecule has 1 unspecified atom stereocenters. The van der Waals surface area contributed by atoms with E-state index in [1.807, 2.05) is 29.2 Å². The minimum atomic E-state index is -0.623. The maximum Gasteiger partial charge on any atom is 0.261 e. The number of hydrogen-bond acceptors (Lipinski definition) is 3. The lowest BCUT2D eigenvalue weighted by atomic mass is 10.1. The summed E-state index contributed by atoms with van der Waals surface area (Å²) < 4.78 is 5.61. The van der Waals surface area contributed by atoms with E-state index in [1.54, 1.807) is 31.2 Å². The van der Waals surface area contributed by atoms with Gasteiger partial charge in [-0.3, -0.25) is 9.59 Å². The quantitative estimate of drug-likeness (QED) is 0.824. The van der Waals surface area contributed by atoms with E-state index >= 15 is 0 Å². The second-order valence-electron chi connectivity index (χ2n) is 6.63. The average molecular weight is 387 g/mol. The van der Waals surface area contributed by atoms with Gasteiger partial charge in [0, 0.05) is 30.2 Å². The maximum atomic E-state index is 12.3. The van der Waals surface area contributed by atoms with Crippen LogP contribution in [-0.2, 0) is 11.3 Å². The van der Waals surface area contributed by atoms with Crippen LogP contribution < -0.4 is 10.1 Å². The Hall–Kier alpha value is -2.53. The topological polar surface area (TPSA) is 58.6 Å². The molecule has 1 saturated heterocycles. The number of ether oxygens (including phenoxy) is 1. The van der Waals surface area contributed by atoms with E-state index < -0.39 is 6.10 Å². The Morgan fingerprint density at radius 3 is 2.33 bits per heavy atom. The van der Waals surface area contributed by atoms with Crippen LogP contribution in [0.2, 0.25) is 5.02 Å². The van der Waals surface area contributed by atoms with Crippen molar-refractivity contribution in [3.8, 4) is 5.75 Å². The molecule has 0 radical (unpaired) electrons. The second-order valence-corrected chi connectivity index (χ2v) is 7.06. The zero-order valence-corrected chi connectivity index (χ0v) is 16.0. The molecule has 2 aromatic rings. The smallest absolute Gasteiger partial charge is 0.261 e. The highest BCUT2D eigenvalue weighted by molar-refractivity contribution is 6.30. The van der Waals surface area contributed by atoms with Crippen LogP contribution in [0, 0.1) is 0 Å². The first kappa shape index (κ1) is 19.2. The Kier molecular flexibility index (Phi) is 6.35. The van der Waals surface area contributed by atoms with Crippen LogP contribution in [0.1, 0.15) is 35.7 Å². The van der Waals surface area contributed by atoms with E-state index in [1.165, 1.54) is 0 Å². The molecule has 0 bridgehead atoms. The van der Waals surface area contributed by atoms with E-state index in [0.29, 0.717) is 22.9 Å². The summed E-state index contributed by atoms with van der Waals surface area (Å²) in [6.07, 6.45) is 1.53. The first-order valence-electron chi connectivity index (χ1n) is 9.11. The molecule has 6 heteroatoms. The van der Waals surface area contributed by atoms with Crippen molar-refractivity contribution < 1.29 is 14.3 Å². The van der Waals surface area contributed by atoms with Gasteiger partial charge in [0.15, 0.2) is 6.10 Å². The standard InChI is InChI=1S/C21H23ClN2O3/c1-15(27-19-10-8-18(22)9-11-19)20(25)23-14-16-4-6-17(7-5-16)21(26)24-12-2-3-13-24/h4-11,15H,2-3,12-14H2,1H3,(H,23,25). The fraction of sp³-hybridized carbons (Fsp3) is 0.333. The number of carbonyl (C=O) groups excluding carboxylic acids is 2. The summed E-state index contributed by atoms with van der Waals surface area (Å²) in [5, 5.41) is 3.47. The molecule has 2 aromatic carbocycles. The molecular weight excluding hydrogens is 364 g/mol. The Morgan fingerprint density at radius 1 is 1.07 bits per heavy atom. The minimum Gasteiger partial charge on any atom is -0.481 e. The van der Waals surface area contributed by atoms with Gasteiger partial charge in [-0.15, -0.1) is 0 Å². The van der Waals surface area contributed by atoms with Gasteiger partial charge in [-0.2, -0.15) is 0 Å². The lowest BCUT2D eigenvalue weighted by Gasteiger charge is -2.16. The van der Waals surface area contributed by atoms with Crippen LogP contribution in [0.25, 0.3) is 0 Å². The van der Waals surface area contributed by atoms with E-state index in [9.17, 15) is 9.59 Å². The average Bonchev–Trinajstić information content (AvgIpc) is 3.22. The molecule has 0 saturated carbocycles. The van der Waals surface area contributed by atoms with E-state index in [-0.39, 0.29) is 11.8 Å². The predicted octanol–water partition coefficient (Wildman–Crippen LogP) is 3.66. The van der Waals surface area contributed by atoms with Crippen molar-refractivity contribution in [1.29, 1.82) is 0 Å². The van der Waals surface area contributed by atoms with Gasteiger partial charge in [0.1, 0.15) is 5.75 Å². The molecule has 1 heterocycles. The van der Waals surface area contributed by atoms with Gasteiger partial charge in [-0.1, -0.05) is 23.7 Å². The lowest BCUT2D eigenvalue weighted by molar-refractivity contribution is -0.127. The van der Waals surface area contributed by atoms with E-state index in [2.05, 4.69) is 5.32 Å². The summed E-state index contributed by atoms with van der Waals surface area (Å²) in [6.45, 7) is 3.75. The Balaban J connectivity index is 1.49. The Labute approximate surface area is 164 Å². The molecule has 1 fully saturated rings. The maximum absolute atomic E-state index is 12.3. The van der Waals surface area contributed by atoms with Crippen LogP contribution in [0.3, 0.4) is 0 Å². The van der Waals surface area contributed by atoms with Gasteiger partial charge in [-0.25, -0.2) is 0 Å². The molecule has 2 amide bonds. The molecule has 0 aromatic heterocycles. The zero-order chi connectivity index (χ0) is 19.2. The third kappa shape index (κ3) is 5.23. The number of hydrogen-bond donors (Lipinski definition) is 1. The summed E-state index contributed by atoms with van der Waals surface area (Å²) in [5.74, 6) is 0.460. The first-order valence-corrected chi connectivity index (χ1v) is 9.49. The normalized spacial score (nSPS) is 14.7. The van der Waals surface area contributed by atoms with Crippen molar-refractivity contribution >= 4 is 23.4 Å². The lowest BCUT2D eigenvalue weighted by Crippen LogP contribution is -2.35. The first-order chi connectivity index (χ1) is 13.0. The van der Waals surface area contributed by atoms with Gasteiger partial charge in [0.2, 0.25) is 0 Å². The van der Waals surface area contributed by atoms with Crippen molar-refractivity contribution in [3.63, 3.8) is 0 Å². The molecule has 27 heavy (non-hydrogen) atoms. The SMILES string of the molecule is CC(Oc1ccc(Cl)cc1)C(=O)NCc1ccc(C(=O)N2CCCC2)cc1. The summed E-state index contributed by atoms with van der Waals surface area (Å²) in [7, 11) is 0. The van der Waals surface area contributed by atoms with Crippen molar-refractivity contribution in [3.05, 3.63) is 64.7 Å². The van der Waals surface area contributed by atoms with Crippen molar-refractivity contribution in [2.45, 2.75) is 32.4 Å². The van der Waals surface area contributed by atoms with Crippen LogP contribution in [-0.4, -0.2) is 35.9 Å². The van der Waals surface area contributed by atoms with Gasteiger partial charge >= 0.3 is 0 Å². The third-order valence-corrected chi connectivity index (χ3v) is 4.81. The van der Waals surface area contributed by atoms with Gasteiger partial charge in [0.25, 0.3) is 11.8 Å². The number of nitrogens with one attached hydrogen (secondary N) is 1. The molecule has 3 rings (SSSR count). The van der Waals surface area contributed by atoms with E-state index in [4.69, 9.17) is 16.3 Å². The van der Waals surface area contributed by atoms with Crippen molar-refractivity contribution in [2.75, 3.05) is 13.1 Å². The summed E-state index contributed by atoms with van der Waals surface area (Å²) in [5.41, 5.74) is 1.62. The molecule has 1 aliphatic heterocycles. The summed E-state index contributed by atoms with van der Waals surface area (Å²) in [4.78, 5) is 26.4. The van der Waals surface area contributed by atoms with Crippen molar-refractivity contribution in [2.24, 2.45) is 0 Å². The molecule has 142 valence electrons. The molecule has 1 aliphatic rings. The number of amides is 2. The zero-order valence-electron chi connectivity index (χ0n) is 15.3. The number of rotatable bonds is 6. The number of halogens is 1. The highest BCUT2D eigenvalue weighted by atomic mass is 35.5. The van der Waals surface area contributed by atoms with Gasteiger partial charge in [-0.05, 0) is 61.7 Å². The highest BCUT2D eigenvalue weighted by Crippen LogP contribution is 2.17. The predicted molar refractivity (Wildman–Crippen MR) is 105 cm³/mol. The summed E-state index contributed by atoms with van der Waals surface area (Å²) in [6, 6.07) is 14.2. The molecule has 1 N–H and O–H groups in total. The summed E-state index contributed by atoms with van der Waals surface area (Å²) >= 11 is 5.84. The third-order valence-electron chi connectivity index (χ3n) is 4.56. The number of benzene rings is 2. The number of carbonyl (C=O) groups is 2. The molecule has 0 aliphatic carbocycles. The molecule has 5 nitrogen and oxygen atoms in total. The van der Waals surface area contributed by atoms with Crippen LogP contribution in [0.5, 0.6) is 5.75 Å². The highest BCUT2D eigenvalue weighted by Gasteiger charge is 2.19. The Bertz CT molecular complexity index is 784. The van der Waals surface area contributed by atoms with Crippen LogP contribution >= 0.6 is 11.6 Å². The van der Waals surface area contributed by atoms with Crippen molar-refractivity contribution in [1.82, 2.24) is 10.2 Å². The fourth-order valence-electron chi connectivity index (χ4n) is 2.97. The second kappa shape index (κ2) is 8.91.